The fourth-order valence-corrected chi connectivity index (χ4v) is 0.995. The molecule has 0 unspecified atom stereocenters. The first-order valence-electron chi connectivity index (χ1n) is 5.43. The quantitative estimate of drug-likeness (QED) is 0.468. The molecule has 3 heteroatoms. The lowest BCUT2D eigenvalue weighted by Gasteiger charge is -2.14. The Labute approximate surface area is 93.1 Å². The summed E-state index contributed by atoms with van der Waals surface area (Å²) in [7, 11) is 0. The highest BCUT2D eigenvalue weighted by Crippen LogP contribution is 2.16. The van der Waals surface area contributed by atoms with Gasteiger partial charge in [0.05, 0.1) is 24.7 Å². The second kappa shape index (κ2) is 8.46. The van der Waals surface area contributed by atoms with Crippen molar-refractivity contribution in [3.05, 3.63) is 12.7 Å². The Bertz CT molecular complexity index is 206. The zero-order valence-corrected chi connectivity index (χ0v) is 9.88. The van der Waals surface area contributed by atoms with Crippen molar-refractivity contribution in [2.24, 2.45) is 5.41 Å². The van der Waals surface area contributed by atoms with Crippen LogP contribution in [-0.2, 0) is 4.74 Å². The number of ether oxygens (including phenoxy) is 1. The molecule has 0 aromatic heterocycles. The molecule has 0 aliphatic heterocycles. The summed E-state index contributed by atoms with van der Waals surface area (Å²) in [6.07, 6.45) is 3.63. The predicted molar refractivity (Wildman–Crippen MR) is 62.5 cm³/mol. The Balaban J connectivity index is 3.19. The summed E-state index contributed by atoms with van der Waals surface area (Å²) >= 11 is 0. The number of rotatable bonds is 9. The van der Waals surface area contributed by atoms with Crippen LogP contribution in [0.15, 0.2) is 12.7 Å². The van der Waals surface area contributed by atoms with Crippen LogP contribution in [0, 0.1) is 16.7 Å². The van der Waals surface area contributed by atoms with Gasteiger partial charge in [-0.05, 0) is 33.2 Å². The largest absolute Gasteiger partial charge is 0.380 e. The van der Waals surface area contributed by atoms with E-state index in [-0.39, 0.29) is 5.41 Å². The van der Waals surface area contributed by atoms with Crippen molar-refractivity contribution in [2.45, 2.75) is 26.7 Å². The van der Waals surface area contributed by atoms with Gasteiger partial charge in [-0.15, -0.1) is 6.58 Å². The summed E-state index contributed by atoms with van der Waals surface area (Å²) in [5.41, 5.74) is -0.225. The molecule has 86 valence electrons. The van der Waals surface area contributed by atoms with Crippen LogP contribution in [0.2, 0.25) is 0 Å². The van der Waals surface area contributed by atoms with Crippen LogP contribution in [0.25, 0.3) is 0 Å². The Hall–Kier alpha value is -0.850. The second-order valence-corrected chi connectivity index (χ2v) is 4.19. The number of nitriles is 1. The molecule has 0 saturated heterocycles. The topological polar surface area (TPSA) is 45.0 Å². The van der Waals surface area contributed by atoms with Gasteiger partial charge in [-0.1, -0.05) is 6.08 Å². The molecule has 0 spiro atoms. The first-order valence-corrected chi connectivity index (χ1v) is 5.43. The highest BCUT2D eigenvalue weighted by atomic mass is 16.5. The Morgan fingerprint density at radius 2 is 2.13 bits per heavy atom. The van der Waals surface area contributed by atoms with Crippen molar-refractivity contribution in [1.82, 2.24) is 5.32 Å². The van der Waals surface area contributed by atoms with Gasteiger partial charge in [0, 0.05) is 6.54 Å². The van der Waals surface area contributed by atoms with E-state index in [1.165, 1.54) is 0 Å². The Morgan fingerprint density at radius 1 is 1.40 bits per heavy atom. The van der Waals surface area contributed by atoms with Gasteiger partial charge < -0.3 is 10.1 Å². The van der Waals surface area contributed by atoms with Crippen molar-refractivity contribution in [3.63, 3.8) is 0 Å². The lowest BCUT2D eigenvalue weighted by Crippen LogP contribution is -2.24. The third kappa shape index (κ3) is 9.45. The van der Waals surface area contributed by atoms with Crippen molar-refractivity contribution in [3.8, 4) is 6.07 Å². The molecule has 3 nitrogen and oxygen atoms in total. The van der Waals surface area contributed by atoms with Gasteiger partial charge >= 0.3 is 0 Å². The van der Waals surface area contributed by atoms with Crippen LogP contribution in [-0.4, -0.2) is 26.3 Å². The molecule has 0 amide bonds. The molecule has 0 heterocycles. The number of nitrogens with zero attached hydrogens (tertiary/aromatic N) is 1. The number of hydrogen-bond donors (Lipinski definition) is 1. The van der Waals surface area contributed by atoms with Crippen molar-refractivity contribution in [2.75, 3.05) is 26.3 Å². The zero-order chi connectivity index (χ0) is 11.6. The fraction of sp³-hybridized carbons (Fsp3) is 0.750. The monoisotopic (exact) mass is 210 g/mol. The molecule has 0 saturated carbocycles. The maximum Gasteiger partial charge on any atom is 0.0684 e. The van der Waals surface area contributed by atoms with Crippen molar-refractivity contribution in [1.29, 1.82) is 5.26 Å². The third-order valence-electron chi connectivity index (χ3n) is 2.12. The normalized spacial score (nSPS) is 11.0. The molecule has 0 aliphatic rings. The van der Waals surface area contributed by atoms with Gasteiger partial charge in [-0.2, -0.15) is 5.26 Å². The number of nitrogens with one attached hydrogen (secondary N) is 1. The molecule has 0 aromatic carbocycles. The van der Waals surface area contributed by atoms with E-state index in [2.05, 4.69) is 18.0 Å². The molecule has 0 bridgehead atoms. The Kier molecular flexibility index (Phi) is 7.98. The van der Waals surface area contributed by atoms with E-state index in [0.717, 1.165) is 39.1 Å². The molecule has 0 radical (unpaired) electrons. The highest BCUT2D eigenvalue weighted by molar-refractivity contribution is 4.91. The zero-order valence-electron chi connectivity index (χ0n) is 9.88. The van der Waals surface area contributed by atoms with Gasteiger partial charge in [0.2, 0.25) is 0 Å². The minimum Gasteiger partial charge on any atom is -0.380 e. The summed E-state index contributed by atoms with van der Waals surface area (Å²) < 4.78 is 5.33. The predicted octanol–water partition coefficient (Wildman–Crippen LogP) is 2.11. The standard InChI is InChI=1S/C12H22N2O/c1-4-5-9-15-10-8-14-7-6-12(2,3)11-13/h4,14H,1,5-10H2,2-3H3. The smallest absolute Gasteiger partial charge is 0.0684 e. The van der Waals surface area contributed by atoms with Crippen LogP contribution < -0.4 is 5.32 Å². The molecular weight excluding hydrogens is 188 g/mol. The first-order chi connectivity index (χ1) is 7.12. The fourth-order valence-electron chi connectivity index (χ4n) is 0.995. The maximum absolute atomic E-state index is 8.78. The van der Waals surface area contributed by atoms with Gasteiger partial charge in [0.15, 0.2) is 0 Å². The minimum atomic E-state index is -0.225. The van der Waals surface area contributed by atoms with Gasteiger partial charge in [0.1, 0.15) is 0 Å². The SMILES string of the molecule is C=CCCOCCNCCC(C)(C)C#N. The third-order valence-corrected chi connectivity index (χ3v) is 2.12. The average molecular weight is 210 g/mol. The van der Waals surface area contributed by atoms with E-state index in [1.54, 1.807) is 0 Å². The number of hydrogen-bond acceptors (Lipinski definition) is 3. The summed E-state index contributed by atoms with van der Waals surface area (Å²) in [5.74, 6) is 0. The molecule has 15 heavy (non-hydrogen) atoms. The molecule has 0 atom stereocenters. The molecule has 0 aromatic rings. The summed E-state index contributed by atoms with van der Waals surface area (Å²) in [6.45, 7) is 10.7. The molecular formula is C12H22N2O. The van der Waals surface area contributed by atoms with Gasteiger partial charge in [-0.25, -0.2) is 0 Å². The van der Waals surface area contributed by atoms with Crippen LogP contribution in [0.5, 0.6) is 0 Å². The summed E-state index contributed by atoms with van der Waals surface area (Å²) in [5, 5.41) is 12.0. The van der Waals surface area contributed by atoms with Crippen molar-refractivity contribution >= 4 is 0 Å². The Morgan fingerprint density at radius 3 is 2.73 bits per heavy atom. The molecule has 1 N–H and O–H groups in total. The second-order valence-electron chi connectivity index (χ2n) is 4.19. The minimum absolute atomic E-state index is 0.225. The van der Waals surface area contributed by atoms with E-state index in [9.17, 15) is 0 Å². The molecule has 0 rings (SSSR count). The van der Waals surface area contributed by atoms with E-state index < -0.39 is 0 Å². The van der Waals surface area contributed by atoms with E-state index in [0.29, 0.717) is 0 Å². The van der Waals surface area contributed by atoms with E-state index in [4.69, 9.17) is 10.00 Å². The first kappa shape index (κ1) is 14.2. The maximum atomic E-state index is 8.78. The average Bonchev–Trinajstić information content (AvgIpc) is 2.22. The lowest BCUT2D eigenvalue weighted by atomic mass is 9.92. The highest BCUT2D eigenvalue weighted by Gasteiger charge is 2.14. The van der Waals surface area contributed by atoms with Crippen LogP contribution >= 0.6 is 0 Å². The lowest BCUT2D eigenvalue weighted by molar-refractivity contribution is 0.140. The summed E-state index contributed by atoms with van der Waals surface area (Å²) in [6, 6.07) is 2.28. The van der Waals surface area contributed by atoms with E-state index >= 15 is 0 Å². The van der Waals surface area contributed by atoms with Gasteiger partial charge in [-0.3, -0.25) is 0 Å². The van der Waals surface area contributed by atoms with Crippen LogP contribution in [0.1, 0.15) is 26.7 Å². The van der Waals surface area contributed by atoms with Crippen LogP contribution in [0.3, 0.4) is 0 Å². The van der Waals surface area contributed by atoms with Crippen molar-refractivity contribution < 1.29 is 4.74 Å². The molecule has 0 fully saturated rings. The van der Waals surface area contributed by atoms with Gasteiger partial charge in [0.25, 0.3) is 0 Å². The molecule has 0 aliphatic carbocycles. The summed E-state index contributed by atoms with van der Waals surface area (Å²) in [4.78, 5) is 0. The van der Waals surface area contributed by atoms with E-state index in [1.807, 2.05) is 19.9 Å². The van der Waals surface area contributed by atoms with Crippen LogP contribution in [0.4, 0.5) is 0 Å².